The molecule has 2 aromatic heterocycles. The van der Waals surface area contributed by atoms with E-state index in [4.69, 9.17) is 5.73 Å². The zero-order chi connectivity index (χ0) is 12.5. The van der Waals surface area contributed by atoms with Crippen LogP contribution in [-0.4, -0.2) is 20.4 Å². The van der Waals surface area contributed by atoms with E-state index in [9.17, 15) is 4.79 Å². The van der Waals surface area contributed by atoms with E-state index in [1.165, 1.54) is 0 Å². The molecule has 5 heteroatoms. The molecule has 0 unspecified atom stereocenters. The molecule has 88 valence electrons. The Morgan fingerprint density at radius 3 is 2.78 bits per heavy atom. The van der Waals surface area contributed by atoms with Crippen LogP contribution < -0.4 is 5.73 Å². The molecule has 2 heterocycles. The zero-order valence-electron chi connectivity index (χ0n) is 9.45. The summed E-state index contributed by atoms with van der Waals surface area (Å²) in [7, 11) is 0. The molecule has 0 fully saturated rings. The highest BCUT2D eigenvalue weighted by molar-refractivity contribution is 5.91. The van der Waals surface area contributed by atoms with Gasteiger partial charge in [0.2, 0.25) is 0 Å². The number of primary amides is 1. The number of rotatable bonds is 2. The van der Waals surface area contributed by atoms with Crippen molar-refractivity contribution in [2.75, 3.05) is 0 Å². The van der Waals surface area contributed by atoms with Crippen molar-refractivity contribution in [3.05, 3.63) is 54.5 Å². The van der Waals surface area contributed by atoms with Gasteiger partial charge in [0.15, 0.2) is 0 Å². The third-order valence-corrected chi connectivity index (χ3v) is 2.69. The van der Waals surface area contributed by atoms with Crippen molar-refractivity contribution >= 4 is 16.9 Å². The molecule has 0 radical (unpaired) electrons. The van der Waals surface area contributed by atoms with E-state index >= 15 is 0 Å². The fourth-order valence-corrected chi connectivity index (χ4v) is 1.84. The lowest BCUT2D eigenvalue weighted by Crippen LogP contribution is -2.14. The molecular weight excluding hydrogens is 228 g/mol. The van der Waals surface area contributed by atoms with Gasteiger partial charge in [0.1, 0.15) is 17.8 Å². The molecule has 0 spiro atoms. The quantitative estimate of drug-likeness (QED) is 0.735. The summed E-state index contributed by atoms with van der Waals surface area (Å²) in [6.45, 7) is 0. The Kier molecular flexibility index (Phi) is 2.30. The highest BCUT2D eigenvalue weighted by Gasteiger charge is 2.07. The number of nitrogens with two attached hydrogens (primary N) is 1. The third-order valence-electron chi connectivity index (χ3n) is 2.69. The second-order valence-corrected chi connectivity index (χ2v) is 3.85. The summed E-state index contributed by atoms with van der Waals surface area (Å²) >= 11 is 0. The largest absolute Gasteiger partial charge is 0.364 e. The number of fused-ring (bicyclic) bond motifs is 1. The standard InChI is InChI=1S/C13H10N4O/c14-13(18)10-5-3-7-12(16-10)17-8-15-9-4-1-2-6-11(9)17/h1-8H,(H2,14,18). The number of carbonyl (C=O) groups is 1. The lowest BCUT2D eigenvalue weighted by atomic mass is 10.3. The molecule has 0 bridgehead atoms. The van der Waals surface area contributed by atoms with Gasteiger partial charge in [-0.3, -0.25) is 9.36 Å². The number of hydrogen-bond donors (Lipinski definition) is 1. The van der Waals surface area contributed by atoms with Crippen molar-refractivity contribution < 1.29 is 4.79 Å². The first-order valence-corrected chi connectivity index (χ1v) is 5.45. The van der Waals surface area contributed by atoms with Crippen LogP contribution in [-0.2, 0) is 0 Å². The van der Waals surface area contributed by atoms with E-state index in [0.29, 0.717) is 5.82 Å². The predicted molar refractivity (Wildman–Crippen MR) is 67.4 cm³/mol. The zero-order valence-corrected chi connectivity index (χ0v) is 9.45. The van der Waals surface area contributed by atoms with E-state index in [2.05, 4.69) is 9.97 Å². The molecule has 5 nitrogen and oxygen atoms in total. The fourth-order valence-electron chi connectivity index (χ4n) is 1.84. The molecule has 3 rings (SSSR count). The van der Waals surface area contributed by atoms with Crippen LogP contribution in [0.3, 0.4) is 0 Å². The average Bonchev–Trinajstić information content (AvgIpc) is 2.82. The van der Waals surface area contributed by atoms with Crippen molar-refractivity contribution in [1.29, 1.82) is 0 Å². The van der Waals surface area contributed by atoms with E-state index in [-0.39, 0.29) is 5.69 Å². The molecule has 2 N–H and O–H groups in total. The molecule has 18 heavy (non-hydrogen) atoms. The van der Waals surface area contributed by atoms with Crippen LogP contribution in [0.5, 0.6) is 0 Å². The first-order chi connectivity index (χ1) is 8.75. The van der Waals surface area contributed by atoms with Crippen molar-refractivity contribution in [2.24, 2.45) is 5.73 Å². The van der Waals surface area contributed by atoms with Crippen molar-refractivity contribution in [1.82, 2.24) is 14.5 Å². The predicted octanol–water partition coefficient (Wildman–Crippen LogP) is 1.52. The topological polar surface area (TPSA) is 73.8 Å². The Bertz CT molecular complexity index is 732. The van der Waals surface area contributed by atoms with Crippen LogP contribution in [0, 0.1) is 0 Å². The summed E-state index contributed by atoms with van der Waals surface area (Å²) in [5.41, 5.74) is 7.28. The highest BCUT2D eigenvalue weighted by Crippen LogP contribution is 2.16. The van der Waals surface area contributed by atoms with Gasteiger partial charge >= 0.3 is 0 Å². The lowest BCUT2D eigenvalue weighted by molar-refractivity contribution is 0.0995. The molecule has 0 aliphatic heterocycles. The maximum absolute atomic E-state index is 11.1. The van der Waals surface area contributed by atoms with Crippen LogP contribution >= 0.6 is 0 Å². The van der Waals surface area contributed by atoms with E-state index in [0.717, 1.165) is 11.0 Å². The summed E-state index contributed by atoms with van der Waals surface area (Å²) in [5, 5.41) is 0. The van der Waals surface area contributed by atoms with E-state index in [1.807, 2.05) is 28.8 Å². The number of imidazole rings is 1. The first-order valence-electron chi connectivity index (χ1n) is 5.45. The molecule has 0 atom stereocenters. The number of hydrogen-bond acceptors (Lipinski definition) is 3. The Hall–Kier alpha value is -2.69. The number of aromatic nitrogens is 3. The number of nitrogens with zero attached hydrogens (tertiary/aromatic N) is 3. The number of benzene rings is 1. The maximum atomic E-state index is 11.1. The van der Waals surface area contributed by atoms with Gasteiger partial charge in [0.05, 0.1) is 11.0 Å². The van der Waals surface area contributed by atoms with E-state index in [1.54, 1.807) is 24.5 Å². The molecule has 1 amide bonds. The maximum Gasteiger partial charge on any atom is 0.267 e. The van der Waals surface area contributed by atoms with Gasteiger partial charge in [-0.1, -0.05) is 18.2 Å². The minimum Gasteiger partial charge on any atom is -0.364 e. The highest BCUT2D eigenvalue weighted by atomic mass is 16.1. The van der Waals surface area contributed by atoms with Gasteiger partial charge in [-0.2, -0.15) is 0 Å². The SMILES string of the molecule is NC(=O)c1cccc(-n2cnc3ccccc32)n1. The van der Waals surface area contributed by atoms with Crippen molar-refractivity contribution in [3.8, 4) is 5.82 Å². The summed E-state index contributed by atoms with van der Waals surface area (Å²) in [6, 6.07) is 12.9. The van der Waals surface area contributed by atoms with E-state index < -0.39 is 5.91 Å². The Morgan fingerprint density at radius 1 is 1.11 bits per heavy atom. The van der Waals surface area contributed by atoms with Crippen LogP contribution in [0.25, 0.3) is 16.9 Å². The molecule has 0 saturated carbocycles. The average molecular weight is 238 g/mol. The summed E-state index contributed by atoms with van der Waals surface area (Å²) in [4.78, 5) is 19.6. The van der Waals surface area contributed by atoms with Gasteiger partial charge in [0, 0.05) is 0 Å². The second-order valence-electron chi connectivity index (χ2n) is 3.85. The van der Waals surface area contributed by atoms with Crippen LogP contribution in [0.2, 0.25) is 0 Å². The molecule has 1 aromatic carbocycles. The van der Waals surface area contributed by atoms with Gasteiger partial charge in [-0.25, -0.2) is 9.97 Å². The smallest absolute Gasteiger partial charge is 0.267 e. The normalized spacial score (nSPS) is 10.7. The Labute approximate surface area is 103 Å². The van der Waals surface area contributed by atoms with Crippen LogP contribution in [0.1, 0.15) is 10.5 Å². The molecule has 3 aromatic rings. The number of pyridine rings is 1. The van der Waals surface area contributed by atoms with Crippen LogP contribution in [0.15, 0.2) is 48.8 Å². The Morgan fingerprint density at radius 2 is 1.94 bits per heavy atom. The lowest BCUT2D eigenvalue weighted by Gasteiger charge is -2.04. The minimum absolute atomic E-state index is 0.241. The first kappa shape index (κ1) is 10.5. The molecule has 0 aliphatic rings. The third kappa shape index (κ3) is 1.62. The number of amides is 1. The minimum atomic E-state index is -0.540. The summed E-state index contributed by atoms with van der Waals surface area (Å²) in [5.74, 6) is 0.0845. The monoisotopic (exact) mass is 238 g/mol. The summed E-state index contributed by atoms with van der Waals surface area (Å²) in [6.07, 6.45) is 1.68. The number of carbonyl (C=O) groups excluding carboxylic acids is 1. The second kappa shape index (κ2) is 3.96. The molecule has 0 aliphatic carbocycles. The van der Waals surface area contributed by atoms with Gasteiger partial charge in [0.25, 0.3) is 5.91 Å². The van der Waals surface area contributed by atoms with Gasteiger partial charge in [-0.05, 0) is 24.3 Å². The Balaban J connectivity index is 2.20. The fraction of sp³-hybridized carbons (Fsp3) is 0. The van der Waals surface area contributed by atoms with Crippen molar-refractivity contribution in [3.63, 3.8) is 0 Å². The molecular formula is C13H10N4O. The van der Waals surface area contributed by atoms with Crippen molar-refractivity contribution in [2.45, 2.75) is 0 Å². The van der Waals surface area contributed by atoms with Gasteiger partial charge in [-0.15, -0.1) is 0 Å². The summed E-state index contributed by atoms with van der Waals surface area (Å²) < 4.78 is 1.82. The van der Waals surface area contributed by atoms with Gasteiger partial charge < -0.3 is 5.73 Å². The molecule has 0 saturated heterocycles. The van der Waals surface area contributed by atoms with Crippen LogP contribution in [0.4, 0.5) is 0 Å². The number of para-hydroxylation sites is 2.